The van der Waals surface area contributed by atoms with Crippen LogP contribution in [0.3, 0.4) is 0 Å². The standard InChI is InChI=1S/C11H14N2O2/c1-2-15-11(14)8-5-7-3-4-13-10(7)6-9(8)12/h5-6,13H,2-4,12H2,1H3. The molecule has 0 saturated heterocycles. The molecule has 3 N–H and O–H groups in total. The fourth-order valence-corrected chi connectivity index (χ4v) is 1.75. The van der Waals surface area contributed by atoms with E-state index >= 15 is 0 Å². The highest BCUT2D eigenvalue weighted by Crippen LogP contribution is 2.28. The highest BCUT2D eigenvalue weighted by atomic mass is 16.5. The SMILES string of the molecule is CCOC(=O)c1cc2c(cc1N)NCC2. The van der Waals surface area contributed by atoms with Crippen LogP contribution in [0.15, 0.2) is 12.1 Å². The van der Waals surface area contributed by atoms with Crippen molar-refractivity contribution in [3.05, 3.63) is 23.3 Å². The molecule has 1 aromatic rings. The molecule has 0 amide bonds. The summed E-state index contributed by atoms with van der Waals surface area (Å²) in [5.41, 5.74) is 8.89. The lowest BCUT2D eigenvalue weighted by molar-refractivity contribution is 0.0527. The molecule has 15 heavy (non-hydrogen) atoms. The maximum atomic E-state index is 11.5. The van der Waals surface area contributed by atoms with Crippen LogP contribution in [0.25, 0.3) is 0 Å². The highest BCUT2D eigenvalue weighted by molar-refractivity contribution is 5.96. The van der Waals surface area contributed by atoms with E-state index in [1.807, 2.05) is 6.07 Å². The molecule has 0 unspecified atom stereocenters. The van der Waals surface area contributed by atoms with Crippen molar-refractivity contribution in [2.24, 2.45) is 0 Å². The summed E-state index contributed by atoms with van der Waals surface area (Å²) in [4.78, 5) is 11.5. The number of rotatable bonds is 2. The number of carbonyl (C=O) groups is 1. The average Bonchev–Trinajstić information content (AvgIpc) is 2.63. The van der Waals surface area contributed by atoms with E-state index in [4.69, 9.17) is 10.5 Å². The monoisotopic (exact) mass is 206 g/mol. The van der Waals surface area contributed by atoms with Crippen LogP contribution in [-0.4, -0.2) is 19.1 Å². The first-order chi connectivity index (χ1) is 7.22. The smallest absolute Gasteiger partial charge is 0.340 e. The number of carbonyl (C=O) groups excluding carboxylic acids is 1. The molecule has 4 nitrogen and oxygen atoms in total. The second kappa shape index (κ2) is 3.81. The number of fused-ring (bicyclic) bond motifs is 1. The quantitative estimate of drug-likeness (QED) is 0.567. The van der Waals surface area contributed by atoms with E-state index in [-0.39, 0.29) is 5.97 Å². The molecule has 2 rings (SSSR count). The number of nitrogens with two attached hydrogens (primary N) is 1. The number of hydrogen-bond acceptors (Lipinski definition) is 4. The summed E-state index contributed by atoms with van der Waals surface area (Å²) in [6.45, 7) is 3.05. The van der Waals surface area contributed by atoms with Gasteiger partial charge in [-0.05, 0) is 31.0 Å². The third kappa shape index (κ3) is 1.75. The van der Waals surface area contributed by atoms with Gasteiger partial charge < -0.3 is 15.8 Å². The summed E-state index contributed by atoms with van der Waals surface area (Å²) in [7, 11) is 0. The van der Waals surface area contributed by atoms with Crippen LogP contribution in [0, 0.1) is 0 Å². The topological polar surface area (TPSA) is 64.3 Å². The Kier molecular flexibility index (Phi) is 2.49. The second-order valence-corrected chi connectivity index (χ2v) is 3.49. The normalized spacial score (nSPS) is 13.1. The second-order valence-electron chi connectivity index (χ2n) is 3.49. The molecule has 0 aromatic heterocycles. The Morgan fingerprint density at radius 1 is 1.60 bits per heavy atom. The van der Waals surface area contributed by atoms with Gasteiger partial charge in [-0.25, -0.2) is 4.79 Å². The van der Waals surface area contributed by atoms with E-state index in [1.54, 1.807) is 13.0 Å². The van der Waals surface area contributed by atoms with Crippen LogP contribution in [-0.2, 0) is 11.2 Å². The number of anilines is 2. The lowest BCUT2D eigenvalue weighted by Gasteiger charge is -2.08. The fourth-order valence-electron chi connectivity index (χ4n) is 1.75. The largest absolute Gasteiger partial charge is 0.462 e. The Morgan fingerprint density at radius 2 is 2.40 bits per heavy atom. The maximum absolute atomic E-state index is 11.5. The molecule has 0 atom stereocenters. The minimum Gasteiger partial charge on any atom is -0.462 e. The van der Waals surface area contributed by atoms with Crippen molar-refractivity contribution in [1.29, 1.82) is 0 Å². The van der Waals surface area contributed by atoms with Crippen molar-refractivity contribution in [1.82, 2.24) is 0 Å². The van der Waals surface area contributed by atoms with Crippen molar-refractivity contribution < 1.29 is 9.53 Å². The molecule has 1 heterocycles. The Morgan fingerprint density at radius 3 is 3.13 bits per heavy atom. The molecular weight excluding hydrogens is 192 g/mol. The first kappa shape index (κ1) is 9.83. The van der Waals surface area contributed by atoms with Gasteiger partial charge in [0.25, 0.3) is 0 Å². The van der Waals surface area contributed by atoms with E-state index in [2.05, 4.69) is 5.32 Å². The average molecular weight is 206 g/mol. The molecule has 1 aliphatic heterocycles. The summed E-state index contributed by atoms with van der Waals surface area (Å²) in [6.07, 6.45) is 0.933. The predicted molar refractivity (Wildman–Crippen MR) is 59.0 cm³/mol. The first-order valence-electron chi connectivity index (χ1n) is 5.05. The van der Waals surface area contributed by atoms with E-state index in [0.717, 1.165) is 24.2 Å². The Hall–Kier alpha value is -1.71. The lowest BCUT2D eigenvalue weighted by Crippen LogP contribution is -2.08. The number of nitrogen functional groups attached to an aromatic ring is 1. The summed E-state index contributed by atoms with van der Waals surface area (Å²) < 4.78 is 4.93. The molecule has 0 fully saturated rings. The van der Waals surface area contributed by atoms with E-state index in [9.17, 15) is 4.79 Å². The fraction of sp³-hybridized carbons (Fsp3) is 0.364. The van der Waals surface area contributed by atoms with Crippen molar-refractivity contribution in [2.75, 3.05) is 24.2 Å². The van der Waals surface area contributed by atoms with Gasteiger partial charge in [-0.1, -0.05) is 0 Å². The van der Waals surface area contributed by atoms with Gasteiger partial charge >= 0.3 is 5.97 Å². The zero-order valence-corrected chi connectivity index (χ0v) is 8.67. The number of nitrogens with one attached hydrogen (secondary N) is 1. The van der Waals surface area contributed by atoms with Gasteiger partial charge in [-0.15, -0.1) is 0 Å². The van der Waals surface area contributed by atoms with Gasteiger partial charge in [-0.3, -0.25) is 0 Å². The minimum absolute atomic E-state index is 0.343. The molecule has 0 spiro atoms. The molecule has 1 aliphatic rings. The van der Waals surface area contributed by atoms with Gasteiger partial charge in [-0.2, -0.15) is 0 Å². The van der Waals surface area contributed by atoms with Gasteiger partial charge in [0.2, 0.25) is 0 Å². The van der Waals surface area contributed by atoms with Gasteiger partial charge in [0, 0.05) is 17.9 Å². The summed E-state index contributed by atoms with van der Waals surface area (Å²) in [5, 5.41) is 3.21. The molecule has 0 saturated carbocycles. The lowest BCUT2D eigenvalue weighted by atomic mass is 10.1. The van der Waals surface area contributed by atoms with Crippen LogP contribution in [0.2, 0.25) is 0 Å². The summed E-state index contributed by atoms with van der Waals surface area (Å²) in [6, 6.07) is 3.62. The van der Waals surface area contributed by atoms with E-state index in [1.165, 1.54) is 0 Å². The zero-order chi connectivity index (χ0) is 10.8. The van der Waals surface area contributed by atoms with Gasteiger partial charge in [0.05, 0.1) is 12.2 Å². The van der Waals surface area contributed by atoms with Crippen LogP contribution in [0.4, 0.5) is 11.4 Å². The number of hydrogen-bond donors (Lipinski definition) is 2. The van der Waals surface area contributed by atoms with Crippen molar-refractivity contribution >= 4 is 17.3 Å². The third-order valence-corrected chi connectivity index (χ3v) is 2.48. The third-order valence-electron chi connectivity index (χ3n) is 2.48. The Balaban J connectivity index is 2.36. The highest BCUT2D eigenvalue weighted by Gasteiger charge is 2.17. The Labute approximate surface area is 88.4 Å². The molecule has 1 aromatic carbocycles. The van der Waals surface area contributed by atoms with Crippen molar-refractivity contribution in [3.8, 4) is 0 Å². The van der Waals surface area contributed by atoms with Crippen molar-refractivity contribution in [3.63, 3.8) is 0 Å². The van der Waals surface area contributed by atoms with Crippen LogP contribution >= 0.6 is 0 Å². The summed E-state index contributed by atoms with van der Waals surface area (Å²) in [5.74, 6) is -0.343. The molecular formula is C11H14N2O2. The first-order valence-corrected chi connectivity index (χ1v) is 5.05. The molecule has 4 heteroatoms. The predicted octanol–water partition coefficient (Wildman–Crippen LogP) is 1.41. The van der Waals surface area contributed by atoms with Crippen LogP contribution in [0.1, 0.15) is 22.8 Å². The number of esters is 1. The molecule has 80 valence electrons. The summed E-state index contributed by atoms with van der Waals surface area (Å²) >= 11 is 0. The molecule has 0 aliphatic carbocycles. The Bertz CT molecular complexity index is 402. The van der Waals surface area contributed by atoms with E-state index < -0.39 is 0 Å². The maximum Gasteiger partial charge on any atom is 0.340 e. The van der Waals surface area contributed by atoms with Crippen LogP contribution in [0.5, 0.6) is 0 Å². The van der Waals surface area contributed by atoms with Crippen LogP contribution < -0.4 is 11.1 Å². The molecule has 0 radical (unpaired) electrons. The minimum atomic E-state index is -0.343. The van der Waals surface area contributed by atoms with E-state index in [0.29, 0.717) is 17.9 Å². The van der Waals surface area contributed by atoms with Crippen molar-refractivity contribution in [2.45, 2.75) is 13.3 Å². The van der Waals surface area contributed by atoms with Gasteiger partial charge in [0.1, 0.15) is 0 Å². The number of ether oxygens (including phenoxy) is 1. The van der Waals surface area contributed by atoms with Gasteiger partial charge in [0.15, 0.2) is 0 Å². The zero-order valence-electron chi connectivity index (χ0n) is 8.67. The molecule has 0 bridgehead atoms. The number of benzene rings is 1.